The van der Waals surface area contributed by atoms with E-state index in [2.05, 4.69) is 12.0 Å². The van der Waals surface area contributed by atoms with Crippen molar-refractivity contribution in [1.29, 1.82) is 0 Å². The third-order valence-electron chi connectivity index (χ3n) is 2.85. The summed E-state index contributed by atoms with van der Waals surface area (Å²) < 4.78 is 1.92. The molecule has 0 amide bonds. The van der Waals surface area contributed by atoms with E-state index in [1.807, 2.05) is 36.0 Å². The van der Waals surface area contributed by atoms with E-state index in [0.29, 0.717) is 6.54 Å². The highest BCUT2D eigenvalue weighted by molar-refractivity contribution is 6.30. The van der Waals surface area contributed by atoms with Crippen molar-refractivity contribution in [2.24, 2.45) is 5.73 Å². The lowest BCUT2D eigenvalue weighted by Crippen LogP contribution is -1.99. The summed E-state index contributed by atoms with van der Waals surface area (Å²) in [5, 5.41) is 5.17. The fraction of sp³-hybridized carbons (Fsp3) is 0.308. The molecule has 0 spiro atoms. The van der Waals surface area contributed by atoms with Crippen molar-refractivity contribution >= 4 is 11.6 Å². The third-order valence-corrected chi connectivity index (χ3v) is 3.09. The van der Waals surface area contributed by atoms with E-state index >= 15 is 0 Å². The number of nitrogens with two attached hydrogens (primary N) is 1. The summed E-state index contributed by atoms with van der Waals surface area (Å²) in [4.78, 5) is 0. The number of hydrogen-bond donors (Lipinski definition) is 1. The van der Waals surface area contributed by atoms with Gasteiger partial charge in [0.1, 0.15) is 0 Å². The summed E-state index contributed by atoms with van der Waals surface area (Å²) in [5.41, 5.74) is 10.0. The van der Waals surface area contributed by atoms with Crippen molar-refractivity contribution in [2.75, 3.05) is 0 Å². The smallest absolute Gasteiger partial charge is 0.0672 e. The van der Waals surface area contributed by atoms with Crippen molar-refractivity contribution in [1.82, 2.24) is 9.78 Å². The minimum Gasteiger partial charge on any atom is -0.326 e. The SMILES string of the molecule is CCn1cc(-c2cc(Cl)ccc2CN)c(C)n1. The molecule has 2 N–H and O–H groups in total. The number of aryl methyl sites for hydroxylation is 2. The first kappa shape index (κ1) is 12.1. The molecule has 0 atom stereocenters. The number of benzene rings is 1. The van der Waals surface area contributed by atoms with E-state index in [0.717, 1.165) is 34.0 Å². The molecule has 3 nitrogen and oxygen atoms in total. The topological polar surface area (TPSA) is 43.8 Å². The highest BCUT2D eigenvalue weighted by atomic mass is 35.5. The summed E-state index contributed by atoms with van der Waals surface area (Å²) in [6, 6.07) is 5.79. The molecule has 4 heteroatoms. The van der Waals surface area contributed by atoms with Crippen LogP contribution in [0.2, 0.25) is 5.02 Å². The average molecular weight is 250 g/mol. The fourth-order valence-corrected chi connectivity index (χ4v) is 2.09. The van der Waals surface area contributed by atoms with E-state index in [1.165, 1.54) is 0 Å². The second kappa shape index (κ2) is 4.90. The normalized spacial score (nSPS) is 10.8. The van der Waals surface area contributed by atoms with Crippen LogP contribution in [-0.4, -0.2) is 9.78 Å². The molecule has 0 fully saturated rings. The molecule has 90 valence electrons. The van der Waals surface area contributed by atoms with Crippen LogP contribution < -0.4 is 5.73 Å². The standard InChI is InChI=1S/C13H16ClN3/c1-3-17-8-13(9(2)16-17)12-6-11(14)5-4-10(12)7-15/h4-6,8H,3,7,15H2,1-2H3. The molecule has 17 heavy (non-hydrogen) atoms. The monoisotopic (exact) mass is 249 g/mol. The molecule has 0 bridgehead atoms. The number of aromatic nitrogens is 2. The Morgan fingerprint density at radius 1 is 1.35 bits per heavy atom. The predicted octanol–water partition coefficient (Wildman–Crippen LogP) is 2.99. The van der Waals surface area contributed by atoms with Gasteiger partial charge < -0.3 is 5.73 Å². The summed E-state index contributed by atoms with van der Waals surface area (Å²) in [6.45, 7) is 5.43. The Balaban J connectivity index is 2.58. The minimum atomic E-state index is 0.503. The molecule has 0 aliphatic rings. The molecule has 1 heterocycles. The molecule has 0 unspecified atom stereocenters. The van der Waals surface area contributed by atoms with E-state index in [9.17, 15) is 0 Å². The van der Waals surface area contributed by atoms with Gasteiger partial charge in [-0.25, -0.2) is 0 Å². The zero-order valence-electron chi connectivity index (χ0n) is 10.1. The van der Waals surface area contributed by atoms with Gasteiger partial charge in [-0.2, -0.15) is 5.10 Å². The first-order valence-electron chi connectivity index (χ1n) is 5.68. The number of halogens is 1. The number of nitrogens with zero attached hydrogens (tertiary/aromatic N) is 2. The molecule has 2 aromatic rings. The zero-order valence-corrected chi connectivity index (χ0v) is 10.8. The van der Waals surface area contributed by atoms with Crippen molar-refractivity contribution in [3.63, 3.8) is 0 Å². The Morgan fingerprint density at radius 3 is 2.71 bits per heavy atom. The summed E-state index contributed by atoms with van der Waals surface area (Å²) in [5.74, 6) is 0. The lowest BCUT2D eigenvalue weighted by atomic mass is 10.0. The van der Waals surface area contributed by atoms with Crippen LogP contribution in [0.25, 0.3) is 11.1 Å². The minimum absolute atomic E-state index is 0.503. The van der Waals surface area contributed by atoms with Crippen molar-refractivity contribution in [3.05, 3.63) is 40.7 Å². The summed E-state index contributed by atoms with van der Waals surface area (Å²) in [6.07, 6.45) is 2.04. The van der Waals surface area contributed by atoms with E-state index in [1.54, 1.807) is 0 Å². The summed E-state index contributed by atoms with van der Waals surface area (Å²) >= 11 is 6.05. The molecular formula is C13H16ClN3. The molecule has 1 aromatic heterocycles. The van der Waals surface area contributed by atoms with E-state index in [4.69, 9.17) is 17.3 Å². The van der Waals surface area contributed by atoms with Gasteiger partial charge in [0.05, 0.1) is 5.69 Å². The third kappa shape index (κ3) is 2.35. The first-order valence-corrected chi connectivity index (χ1v) is 6.06. The lowest BCUT2D eigenvalue weighted by molar-refractivity contribution is 0.653. The highest BCUT2D eigenvalue weighted by Gasteiger charge is 2.11. The molecule has 1 aromatic carbocycles. The Bertz CT molecular complexity index is 531. The average Bonchev–Trinajstić information content (AvgIpc) is 2.70. The van der Waals surface area contributed by atoms with Crippen LogP contribution in [0.15, 0.2) is 24.4 Å². The van der Waals surface area contributed by atoms with Crippen LogP contribution in [0.1, 0.15) is 18.2 Å². The maximum atomic E-state index is 6.05. The quantitative estimate of drug-likeness (QED) is 0.909. The highest BCUT2D eigenvalue weighted by Crippen LogP contribution is 2.28. The molecule has 0 radical (unpaired) electrons. The van der Waals surface area contributed by atoms with Gasteiger partial charge in [-0.15, -0.1) is 0 Å². The second-order valence-electron chi connectivity index (χ2n) is 3.99. The van der Waals surface area contributed by atoms with Crippen molar-refractivity contribution in [2.45, 2.75) is 26.9 Å². The van der Waals surface area contributed by atoms with Crippen molar-refractivity contribution in [3.8, 4) is 11.1 Å². The molecule has 0 aliphatic heterocycles. The van der Waals surface area contributed by atoms with Crippen LogP contribution in [0.4, 0.5) is 0 Å². The zero-order chi connectivity index (χ0) is 12.4. The van der Waals surface area contributed by atoms with Gasteiger partial charge in [0.2, 0.25) is 0 Å². The number of rotatable bonds is 3. The molecular weight excluding hydrogens is 234 g/mol. The molecule has 0 aliphatic carbocycles. The van der Waals surface area contributed by atoms with Crippen LogP contribution in [-0.2, 0) is 13.1 Å². The second-order valence-corrected chi connectivity index (χ2v) is 4.43. The van der Waals surface area contributed by atoms with E-state index < -0.39 is 0 Å². The van der Waals surface area contributed by atoms with Gasteiger partial charge in [-0.1, -0.05) is 17.7 Å². The molecule has 0 saturated carbocycles. The van der Waals surface area contributed by atoms with Gasteiger partial charge in [0, 0.05) is 29.9 Å². The number of hydrogen-bond acceptors (Lipinski definition) is 2. The Labute approximate surface area is 106 Å². The molecule has 2 rings (SSSR count). The first-order chi connectivity index (χ1) is 8.15. The largest absolute Gasteiger partial charge is 0.326 e. The Kier molecular flexibility index (Phi) is 3.50. The Morgan fingerprint density at radius 2 is 2.12 bits per heavy atom. The maximum absolute atomic E-state index is 6.05. The molecule has 0 saturated heterocycles. The van der Waals surface area contributed by atoms with Crippen LogP contribution >= 0.6 is 11.6 Å². The maximum Gasteiger partial charge on any atom is 0.0672 e. The van der Waals surface area contributed by atoms with Gasteiger partial charge >= 0.3 is 0 Å². The summed E-state index contributed by atoms with van der Waals surface area (Å²) in [7, 11) is 0. The van der Waals surface area contributed by atoms with Gasteiger partial charge in [-0.3, -0.25) is 4.68 Å². The van der Waals surface area contributed by atoms with Crippen LogP contribution in [0.5, 0.6) is 0 Å². The van der Waals surface area contributed by atoms with Gasteiger partial charge in [0.25, 0.3) is 0 Å². The van der Waals surface area contributed by atoms with Gasteiger partial charge in [0.15, 0.2) is 0 Å². The van der Waals surface area contributed by atoms with Gasteiger partial charge in [-0.05, 0) is 37.1 Å². The fourth-order valence-electron chi connectivity index (χ4n) is 1.92. The lowest BCUT2D eigenvalue weighted by Gasteiger charge is -2.07. The Hall–Kier alpha value is -1.32. The van der Waals surface area contributed by atoms with Crippen LogP contribution in [0, 0.1) is 6.92 Å². The van der Waals surface area contributed by atoms with Crippen molar-refractivity contribution < 1.29 is 0 Å². The van der Waals surface area contributed by atoms with Crippen LogP contribution in [0.3, 0.4) is 0 Å². The predicted molar refractivity (Wildman–Crippen MR) is 71.0 cm³/mol. The van der Waals surface area contributed by atoms with E-state index in [-0.39, 0.29) is 0 Å².